The van der Waals surface area contributed by atoms with Crippen molar-refractivity contribution >= 4 is 33.4 Å². The molecule has 0 saturated heterocycles. The molecule has 2 aromatic rings. The number of thiophene rings is 1. The van der Waals surface area contributed by atoms with E-state index >= 15 is 0 Å². The number of amides is 1. The highest BCUT2D eigenvalue weighted by Crippen LogP contribution is 2.28. The van der Waals surface area contributed by atoms with E-state index in [4.69, 9.17) is 0 Å². The number of carbonyl (C=O) groups is 2. The zero-order chi connectivity index (χ0) is 14.0. The lowest BCUT2D eigenvalue weighted by Gasteiger charge is -2.13. The highest BCUT2D eigenvalue weighted by atomic mass is 32.1. The molecule has 2 rings (SSSR count). The average molecular weight is 280 g/mol. The molecule has 0 aromatic carbocycles. The topological polar surface area (TPSA) is 60.3 Å². The molecule has 5 nitrogen and oxygen atoms in total. The van der Waals surface area contributed by atoms with E-state index in [9.17, 15) is 9.59 Å². The summed E-state index contributed by atoms with van der Waals surface area (Å²) in [5, 5.41) is 4.57. The summed E-state index contributed by atoms with van der Waals surface area (Å²) < 4.78 is 7.54. The summed E-state index contributed by atoms with van der Waals surface area (Å²) in [5.41, 5.74) is 1.61. The molecule has 0 aliphatic rings. The number of nitrogens with zero attached hydrogens (tertiary/aromatic N) is 1. The van der Waals surface area contributed by atoms with E-state index in [1.807, 2.05) is 35.9 Å². The standard InChI is InChI=1S/C13H16N2O3S/c1-8(2)15-9-4-5-19-11(9)6-10(15)13(17)14-7-12(16)18-3/h4-6,8H,7H2,1-3H3,(H,14,17). The fraction of sp³-hybridized carbons (Fsp3) is 0.385. The molecule has 2 aromatic heterocycles. The molecule has 0 atom stereocenters. The highest BCUT2D eigenvalue weighted by molar-refractivity contribution is 7.17. The number of carbonyl (C=O) groups excluding carboxylic acids is 2. The number of fused-ring (bicyclic) bond motifs is 1. The van der Waals surface area contributed by atoms with Gasteiger partial charge in [-0.25, -0.2) is 0 Å². The van der Waals surface area contributed by atoms with Gasteiger partial charge in [0.1, 0.15) is 12.2 Å². The largest absolute Gasteiger partial charge is 0.468 e. The van der Waals surface area contributed by atoms with Crippen molar-refractivity contribution in [3.05, 3.63) is 23.2 Å². The smallest absolute Gasteiger partial charge is 0.325 e. The minimum atomic E-state index is -0.460. The quantitative estimate of drug-likeness (QED) is 0.873. The second kappa shape index (κ2) is 5.44. The lowest BCUT2D eigenvalue weighted by molar-refractivity contribution is -0.139. The normalized spacial score (nSPS) is 10.9. The van der Waals surface area contributed by atoms with Crippen LogP contribution in [0.25, 0.3) is 10.2 Å². The zero-order valence-electron chi connectivity index (χ0n) is 11.1. The van der Waals surface area contributed by atoms with Crippen molar-refractivity contribution in [2.75, 3.05) is 13.7 Å². The number of nitrogens with one attached hydrogen (secondary N) is 1. The van der Waals surface area contributed by atoms with Crippen LogP contribution in [0.3, 0.4) is 0 Å². The van der Waals surface area contributed by atoms with Crippen molar-refractivity contribution in [1.82, 2.24) is 9.88 Å². The molecule has 6 heteroatoms. The third-order valence-corrected chi connectivity index (χ3v) is 3.68. The second-order valence-electron chi connectivity index (χ2n) is 4.42. The summed E-state index contributed by atoms with van der Waals surface area (Å²) in [4.78, 5) is 23.2. The monoisotopic (exact) mass is 280 g/mol. The van der Waals surface area contributed by atoms with E-state index in [1.54, 1.807) is 11.3 Å². The van der Waals surface area contributed by atoms with Crippen molar-refractivity contribution in [1.29, 1.82) is 0 Å². The van der Waals surface area contributed by atoms with Crippen LogP contribution < -0.4 is 5.32 Å². The number of hydrogen-bond donors (Lipinski definition) is 1. The molecule has 0 radical (unpaired) electrons. The van der Waals surface area contributed by atoms with Crippen molar-refractivity contribution in [2.45, 2.75) is 19.9 Å². The molecule has 19 heavy (non-hydrogen) atoms. The Hall–Kier alpha value is -1.82. The first-order valence-corrected chi connectivity index (χ1v) is 6.86. The van der Waals surface area contributed by atoms with Crippen molar-refractivity contribution in [2.24, 2.45) is 0 Å². The van der Waals surface area contributed by atoms with Gasteiger partial charge in [0.25, 0.3) is 5.91 Å². The van der Waals surface area contributed by atoms with Gasteiger partial charge in [-0.15, -0.1) is 11.3 Å². The second-order valence-corrected chi connectivity index (χ2v) is 5.37. The first-order valence-electron chi connectivity index (χ1n) is 5.98. The van der Waals surface area contributed by atoms with Crippen LogP contribution in [0.5, 0.6) is 0 Å². The van der Waals surface area contributed by atoms with Crippen LogP contribution in [0.4, 0.5) is 0 Å². The first-order chi connectivity index (χ1) is 9.04. The fourth-order valence-electron chi connectivity index (χ4n) is 1.99. The Kier molecular flexibility index (Phi) is 3.90. The van der Waals surface area contributed by atoms with Crippen LogP contribution in [-0.2, 0) is 9.53 Å². The van der Waals surface area contributed by atoms with Crippen molar-refractivity contribution in [3.8, 4) is 0 Å². The Morgan fingerprint density at radius 2 is 2.21 bits per heavy atom. The van der Waals surface area contributed by atoms with Gasteiger partial charge in [0.15, 0.2) is 0 Å². The van der Waals surface area contributed by atoms with E-state index in [2.05, 4.69) is 10.1 Å². The van der Waals surface area contributed by atoms with Gasteiger partial charge in [-0.2, -0.15) is 0 Å². The van der Waals surface area contributed by atoms with Gasteiger partial charge in [0, 0.05) is 6.04 Å². The van der Waals surface area contributed by atoms with Gasteiger partial charge >= 0.3 is 5.97 Å². The molecule has 0 aliphatic heterocycles. The summed E-state index contributed by atoms with van der Waals surface area (Å²) in [6.45, 7) is 3.93. The van der Waals surface area contributed by atoms with Gasteiger partial charge in [-0.3, -0.25) is 9.59 Å². The lowest BCUT2D eigenvalue weighted by Crippen LogP contribution is -2.31. The van der Waals surface area contributed by atoms with Gasteiger partial charge < -0.3 is 14.6 Å². The minimum Gasteiger partial charge on any atom is -0.468 e. The van der Waals surface area contributed by atoms with Gasteiger partial charge in [0.05, 0.1) is 17.3 Å². The van der Waals surface area contributed by atoms with Crippen molar-refractivity contribution in [3.63, 3.8) is 0 Å². The van der Waals surface area contributed by atoms with E-state index in [-0.39, 0.29) is 18.5 Å². The number of rotatable bonds is 4. The number of aromatic nitrogens is 1. The Bertz CT molecular complexity index is 612. The van der Waals surface area contributed by atoms with E-state index < -0.39 is 5.97 Å². The maximum Gasteiger partial charge on any atom is 0.325 e. The summed E-state index contributed by atoms with van der Waals surface area (Å²) in [6.07, 6.45) is 0. The Labute approximate surface area is 115 Å². The fourth-order valence-corrected chi connectivity index (χ4v) is 2.80. The van der Waals surface area contributed by atoms with E-state index in [1.165, 1.54) is 7.11 Å². The molecule has 0 bridgehead atoms. The lowest BCUT2D eigenvalue weighted by atomic mass is 10.3. The predicted molar refractivity (Wildman–Crippen MR) is 74.5 cm³/mol. The molecule has 1 amide bonds. The molecular weight excluding hydrogens is 264 g/mol. The summed E-state index contributed by atoms with van der Waals surface area (Å²) in [6, 6.07) is 4.02. The van der Waals surface area contributed by atoms with Gasteiger partial charge in [0.2, 0.25) is 0 Å². The molecule has 0 unspecified atom stereocenters. The van der Waals surface area contributed by atoms with Gasteiger partial charge in [-0.1, -0.05) is 0 Å². The number of methoxy groups -OCH3 is 1. The number of ether oxygens (including phenoxy) is 1. The van der Waals surface area contributed by atoms with E-state index in [0.717, 1.165) is 10.2 Å². The predicted octanol–water partition coefficient (Wildman–Crippen LogP) is 2.19. The van der Waals surface area contributed by atoms with Crippen LogP contribution >= 0.6 is 11.3 Å². The minimum absolute atomic E-state index is 0.119. The summed E-state index contributed by atoms with van der Waals surface area (Å²) in [7, 11) is 1.29. The molecule has 0 spiro atoms. The molecule has 2 heterocycles. The maximum atomic E-state index is 12.1. The van der Waals surface area contributed by atoms with Crippen LogP contribution in [0, 0.1) is 0 Å². The highest BCUT2D eigenvalue weighted by Gasteiger charge is 2.18. The van der Waals surface area contributed by atoms with Gasteiger partial charge in [-0.05, 0) is 31.4 Å². The molecule has 102 valence electrons. The molecule has 1 N–H and O–H groups in total. The third kappa shape index (κ3) is 2.63. The van der Waals surface area contributed by atoms with E-state index in [0.29, 0.717) is 5.69 Å². The molecule has 0 saturated carbocycles. The molecule has 0 aliphatic carbocycles. The zero-order valence-corrected chi connectivity index (χ0v) is 11.9. The molecular formula is C13H16N2O3S. The van der Waals surface area contributed by atoms with Crippen LogP contribution in [0.1, 0.15) is 30.4 Å². The summed E-state index contributed by atoms with van der Waals surface area (Å²) in [5.74, 6) is -0.722. The molecule has 0 fully saturated rings. The van der Waals surface area contributed by atoms with Crippen LogP contribution in [0.2, 0.25) is 0 Å². The van der Waals surface area contributed by atoms with Crippen LogP contribution in [0.15, 0.2) is 17.5 Å². The SMILES string of the molecule is COC(=O)CNC(=O)c1cc2sccc2n1C(C)C. The Balaban J connectivity index is 2.28. The Morgan fingerprint density at radius 3 is 2.84 bits per heavy atom. The number of esters is 1. The first kappa shape index (κ1) is 13.6. The van der Waals surface area contributed by atoms with Crippen molar-refractivity contribution < 1.29 is 14.3 Å². The van der Waals surface area contributed by atoms with Crippen LogP contribution in [-0.4, -0.2) is 30.1 Å². The number of hydrogen-bond acceptors (Lipinski definition) is 4. The average Bonchev–Trinajstić information content (AvgIpc) is 2.94. The Morgan fingerprint density at radius 1 is 1.47 bits per heavy atom. The maximum absolute atomic E-state index is 12.1. The third-order valence-electron chi connectivity index (χ3n) is 2.83. The summed E-state index contributed by atoms with van der Waals surface area (Å²) >= 11 is 1.59.